The van der Waals surface area contributed by atoms with E-state index in [0.29, 0.717) is 35.4 Å². The number of nitrogens with zero attached hydrogens (tertiary/aromatic N) is 6. The maximum atomic E-state index is 12.6. The number of rotatable bonds is 8. The van der Waals surface area contributed by atoms with E-state index in [9.17, 15) is 19.2 Å². The molecule has 1 aromatic carbocycles. The van der Waals surface area contributed by atoms with E-state index < -0.39 is 6.03 Å². The predicted octanol–water partition coefficient (Wildman–Crippen LogP) is 4.31. The van der Waals surface area contributed by atoms with E-state index in [2.05, 4.69) is 41.4 Å². The molecule has 12 heteroatoms. The molecule has 4 fully saturated rings. The molecule has 0 bridgehead atoms. The molecule has 7 rings (SSSR count). The highest BCUT2D eigenvalue weighted by molar-refractivity contribution is 6.10. The highest BCUT2D eigenvalue weighted by atomic mass is 16.2. The Morgan fingerprint density at radius 1 is 0.915 bits per heavy atom. The van der Waals surface area contributed by atoms with Crippen LogP contribution in [0.5, 0.6) is 0 Å². The van der Waals surface area contributed by atoms with Gasteiger partial charge in [-0.3, -0.25) is 24.6 Å². The van der Waals surface area contributed by atoms with Crippen LogP contribution >= 0.6 is 0 Å². The van der Waals surface area contributed by atoms with E-state index >= 15 is 0 Å². The summed E-state index contributed by atoms with van der Waals surface area (Å²) in [7, 11) is 0. The van der Waals surface area contributed by atoms with Gasteiger partial charge < -0.3 is 19.7 Å². The van der Waals surface area contributed by atoms with Crippen LogP contribution in [0.1, 0.15) is 91.1 Å². The lowest BCUT2D eigenvalue weighted by atomic mass is 9.94. The lowest BCUT2D eigenvalue weighted by Gasteiger charge is -2.38. The normalized spacial score (nSPS) is 20.9. The Kier molecular flexibility index (Phi) is 9.19. The van der Waals surface area contributed by atoms with Crippen molar-refractivity contribution < 1.29 is 19.2 Å². The van der Waals surface area contributed by atoms with Crippen LogP contribution in [0.3, 0.4) is 0 Å². The summed E-state index contributed by atoms with van der Waals surface area (Å²) in [4.78, 5) is 55.2. The van der Waals surface area contributed by atoms with Crippen molar-refractivity contribution in [2.45, 2.75) is 76.3 Å². The molecule has 1 aliphatic carbocycles. The van der Waals surface area contributed by atoms with E-state index in [1.807, 2.05) is 18.2 Å². The Labute approximate surface area is 274 Å². The topological polar surface area (TPSA) is 133 Å². The van der Waals surface area contributed by atoms with Gasteiger partial charge in [0.2, 0.25) is 5.91 Å². The smallest absolute Gasteiger partial charge is 0.328 e. The third-order valence-corrected chi connectivity index (χ3v) is 10.5. The van der Waals surface area contributed by atoms with Gasteiger partial charge in [0.1, 0.15) is 6.29 Å². The van der Waals surface area contributed by atoms with Crippen molar-refractivity contribution in [3.05, 3.63) is 47.8 Å². The molecule has 4 amide bonds. The van der Waals surface area contributed by atoms with Crippen LogP contribution in [-0.4, -0.2) is 89.1 Å². The lowest BCUT2D eigenvalue weighted by Crippen LogP contribution is -2.49. The first-order chi connectivity index (χ1) is 22.9. The first kappa shape index (κ1) is 31.3. The molecule has 4 aliphatic rings. The zero-order chi connectivity index (χ0) is 32.3. The van der Waals surface area contributed by atoms with E-state index in [1.165, 1.54) is 19.3 Å². The van der Waals surface area contributed by atoms with Crippen molar-refractivity contribution in [2.24, 2.45) is 5.92 Å². The fourth-order valence-corrected chi connectivity index (χ4v) is 7.88. The summed E-state index contributed by atoms with van der Waals surface area (Å²) in [6.07, 6.45) is 13.0. The number of hydrogen-bond acceptors (Lipinski definition) is 8. The average Bonchev–Trinajstić information content (AvgIpc) is 3.53. The number of anilines is 2. The lowest BCUT2D eigenvalue weighted by molar-refractivity contribution is -0.120. The summed E-state index contributed by atoms with van der Waals surface area (Å²) in [6, 6.07) is 9.52. The molecule has 0 radical (unpaired) electrons. The van der Waals surface area contributed by atoms with Gasteiger partial charge in [-0.1, -0.05) is 19.3 Å². The molecule has 1 saturated carbocycles. The number of fused-ring (bicyclic) bond motifs is 1. The van der Waals surface area contributed by atoms with Crippen molar-refractivity contribution >= 4 is 46.5 Å². The third-order valence-electron chi connectivity index (χ3n) is 10.5. The van der Waals surface area contributed by atoms with Crippen LogP contribution in [0.2, 0.25) is 0 Å². The minimum absolute atomic E-state index is 0.121. The van der Waals surface area contributed by atoms with Gasteiger partial charge in [0, 0.05) is 74.9 Å². The fourth-order valence-electron chi connectivity index (χ4n) is 7.88. The van der Waals surface area contributed by atoms with Crippen molar-refractivity contribution in [2.75, 3.05) is 49.1 Å². The highest BCUT2D eigenvalue weighted by Gasteiger charge is 2.29. The second kappa shape index (κ2) is 13.8. The second-order valence-electron chi connectivity index (χ2n) is 13.6. The van der Waals surface area contributed by atoms with Crippen LogP contribution in [0, 0.1) is 5.92 Å². The summed E-state index contributed by atoms with van der Waals surface area (Å²) < 4.78 is 2.26. The number of urea groups is 1. The number of benzene rings is 1. The van der Waals surface area contributed by atoms with Gasteiger partial charge in [0.15, 0.2) is 11.5 Å². The standard InChI is InChI=1S/C35H44N8O4/c44-23-25-20-30-28(31(21-25)43-19-13-33(45)37-35(43)47)12-18-42(30)27-10-14-40(15-11-27)22-24-8-16-41(17-9-24)32-7-6-29(38-39-32)34(46)36-26-4-2-1-3-5-26/h6-7,12,18,20-21,23-24,26-27H,1-5,8-11,13-17,19,22H2,(H,36,46)(H,37,45,47). The predicted molar refractivity (Wildman–Crippen MR) is 179 cm³/mol. The summed E-state index contributed by atoms with van der Waals surface area (Å²) in [5.41, 5.74) is 2.52. The molecular weight excluding hydrogens is 596 g/mol. The molecule has 3 aromatic rings. The molecule has 248 valence electrons. The number of amides is 4. The molecule has 0 atom stereocenters. The van der Waals surface area contributed by atoms with Crippen LogP contribution in [0.25, 0.3) is 10.9 Å². The fraction of sp³-hybridized carbons (Fsp3) is 0.543. The van der Waals surface area contributed by atoms with Crippen molar-refractivity contribution in [3.8, 4) is 0 Å². The van der Waals surface area contributed by atoms with Gasteiger partial charge in [-0.25, -0.2) is 4.79 Å². The first-order valence-electron chi connectivity index (χ1n) is 17.3. The van der Waals surface area contributed by atoms with E-state index in [0.717, 1.165) is 94.3 Å². The Morgan fingerprint density at radius 3 is 2.40 bits per heavy atom. The van der Waals surface area contributed by atoms with Crippen LogP contribution < -0.4 is 20.4 Å². The number of nitrogens with one attached hydrogen (secondary N) is 2. The summed E-state index contributed by atoms with van der Waals surface area (Å²) in [6.45, 7) is 5.27. The molecule has 12 nitrogen and oxygen atoms in total. The minimum Gasteiger partial charge on any atom is -0.355 e. The number of aromatic nitrogens is 3. The Bertz CT molecular complexity index is 1620. The first-order valence-corrected chi connectivity index (χ1v) is 17.3. The maximum Gasteiger partial charge on any atom is 0.328 e. The van der Waals surface area contributed by atoms with Gasteiger partial charge in [0.25, 0.3) is 5.91 Å². The molecule has 3 aliphatic heterocycles. The average molecular weight is 641 g/mol. The number of likely N-dealkylation sites (tertiary alicyclic amines) is 1. The van der Waals surface area contributed by atoms with Gasteiger partial charge in [0.05, 0.1) is 11.2 Å². The van der Waals surface area contributed by atoms with Crippen molar-refractivity contribution in [1.82, 2.24) is 30.3 Å². The minimum atomic E-state index is -0.447. The van der Waals surface area contributed by atoms with Crippen molar-refractivity contribution in [1.29, 1.82) is 0 Å². The van der Waals surface area contributed by atoms with E-state index in [4.69, 9.17) is 0 Å². The number of piperidine rings is 2. The summed E-state index contributed by atoms with van der Waals surface area (Å²) >= 11 is 0. The van der Waals surface area contributed by atoms with Crippen molar-refractivity contribution in [3.63, 3.8) is 0 Å². The van der Waals surface area contributed by atoms with Gasteiger partial charge in [-0.2, -0.15) is 0 Å². The second-order valence-corrected chi connectivity index (χ2v) is 13.6. The van der Waals surface area contributed by atoms with Crippen LogP contribution in [-0.2, 0) is 4.79 Å². The quantitative estimate of drug-likeness (QED) is 0.348. The van der Waals surface area contributed by atoms with Gasteiger partial charge >= 0.3 is 6.03 Å². The molecule has 2 aromatic heterocycles. The number of hydrogen-bond donors (Lipinski definition) is 2. The Hall–Kier alpha value is -4.32. The summed E-state index contributed by atoms with van der Waals surface area (Å²) in [5.74, 6) is 1.07. The molecule has 5 heterocycles. The third kappa shape index (κ3) is 6.88. The summed E-state index contributed by atoms with van der Waals surface area (Å²) in [5, 5.41) is 15.1. The van der Waals surface area contributed by atoms with Gasteiger partial charge in [-0.15, -0.1) is 10.2 Å². The zero-order valence-corrected chi connectivity index (χ0v) is 26.9. The van der Waals surface area contributed by atoms with E-state index in [1.54, 1.807) is 17.0 Å². The number of imide groups is 1. The SMILES string of the molecule is O=Cc1cc(N2CCC(=O)NC2=O)c2ccn(C3CCN(CC4CCN(c5ccc(C(=O)NC6CCCCC6)nn5)CC4)CC3)c2c1. The highest BCUT2D eigenvalue weighted by Crippen LogP contribution is 2.35. The number of carbonyl (C=O) groups excluding carboxylic acids is 4. The monoisotopic (exact) mass is 640 g/mol. The largest absolute Gasteiger partial charge is 0.355 e. The number of carbonyl (C=O) groups is 4. The Balaban J connectivity index is 0.909. The molecular formula is C35H44N8O4. The Morgan fingerprint density at radius 2 is 1.70 bits per heavy atom. The molecule has 47 heavy (non-hydrogen) atoms. The molecule has 0 spiro atoms. The van der Waals surface area contributed by atoms with Gasteiger partial charge in [-0.05, 0) is 74.8 Å². The zero-order valence-electron chi connectivity index (χ0n) is 26.9. The molecule has 3 saturated heterocycles. The molecule has 2 N–H and O–H groups in total. The number of aldehydes is 1. The van der Waals surface area contributed by atoms with Crippen LogP contribution in [0.15, 0.2) is 36.5 Å². The van der Waals surface area contributed by atoms with Crippen LogP contribution in [0.4, 0.5) is 16.3 Å². The van der Waals surface area contributed by atoms with E-state index in [-0.39, 0.29) is 24.3 Å². The molecule has 0 unspecified atom stereocenters. The maximum absolute atomic E-state index is 12.6.